The first-order valence-corrected chi connectivity index (χ1v) is 8.37. The number of nitrogens with one attached hydrogen (secondary N) is 1. The van der Waals surface area contributed by atoms with Crippen molar-refractivity contribution in [2.45, 2.75) is 13.5 Å². The van der Waals surface area contributed by atoms with Crippen LogP contribution in [0.3, 0.4) is 0 Å². The van der Waals surface area contributed by atoms with Crippen LogP contribution >= 0.6 is 0 Å². The number of amides is 1. The molecule has 132 valence electrons. The van der Waals surface area contributed by atoms with E-state index in [4.69, 9.17) is 4.74 Å². The fourth-order valence-corrected chi connectivity index (χ4v) is 2.87. The van der Waals surface area contributed by atoms with Gasteiger partial charge in [-0.25, -0.2) is 0 Å². The van der Waals surface area contributed by atoms with Crippen molar-refractivity contribution < 1.29 is 14.6 Å². The molecule has 1 amide bonds. The summed E-state index contributed by atoms with van der Waals surface area (Å²) in [7, 11) is 1.57. The molecule has 0 saturated carbocycles. The van der Waals surface area contributed by atoms with E-state index < -0.39 is 0 Å². The molecule has 0 aliphatic heterocycles. The molecule has 3 rings (SSSR count). The third kappa shape index (κ3) is 3.76. The molecule has 26 heavy (non-hydrogen) atoms. The fraction of sp³-hybridized carbons (Fsp3) is 0.136. The van der Waals surface area contributed by atoms with Gasteiger partial charge >= 0.3 is 0 Å². The van der Waals surface area contributed by atoms with Crippen LogP contribution in [0.1, 0.15) is 21.5 Å². The van der Waals surface area contributed by atoms with E-state index in [1.165, 1.54) is 0 Å². The molecule has 0 unspecified atom stereocenters. The number of carbonyl (C=O) groups excluding carboxylic acids is 1. The quantitative estimate of drug-likeness (QED) is 0.718. The smallest absolute Gasteiger partial charge is 0.255 e. The zero-order chi connectivity index (χ0) is 18.5. The van der Waals surface area contributed by atoms with Crippen LogP contribution in [0.15, 0.2) is 66.7 Å². The second-order valence-corrected chi connectivity index (χ2v) is 6.05. The Morgan fingerprint density at radius 2 is 1.81 bits per heavy atom. The van der Waals surface area contributed by atoms with Crippen molar-refractivity contribution in [2.75, 3.05) is 12.4 Å². The van der Waals surface area contributed by atoms with Gasteiger partial charge in [-0.05, 0) is 48.4 Å². The fourth-order valence-electron chi connectivity index (χ4n) is 2.87. The topological polar surface area (TPSA) is 58.6 Å². The highest BCUT2D eigenvalue weighted by atomic mass is 16.5. The van der Waals surface area contributed by atoms with Crippen molar-refractivity contribution in [3.05, 3.63) is 83.4 Å². The van der Waals surface area contributed by atoms with Crippen molar-refractivity contribution in [3.8, 4) is 16.9 Å². The predicted octanol–water partition coefficient (Wildman–Crippen LogP) is 4.42. The first-order chi connectivity index (χ1) is 12.6. The molecule has 2 N–H and O–H groups in total. The minimum absolute atomic E-state index is 0.0621. The second kappa shape index (κ2) is 7.85. The monoisotopic (exact) mass is 347 g/mol. The van der Waals surface area contributed by atoms with Gasteiger partial charge in [0.2, 0.25) is 0 Å². The van der Waals surface area contributed by atoms with Gasteiger partial charge in [-0.15, -0.1) is 0 Å². The molecular formula is C22H21NO3. The molecule has 0 saturated heterocycles. The molecule has 0 atom stereocenters. The average Bonchev–Trinajstić information content (AvgIpc) is 2.69. The van der Waals surface area contributed by atoms with E-state index in [-0.39, 0.29) is 12.5 Å². The van der Waals surface area contributed by atoms with E-state index in [9.17, 15) is 9.90 Å². The van der Waals surface area contributed by atoms with Gasteiger partial charge in [-0.3, -0.25) is 4.79 Å². The number of methoxy groups -OCH3 is 1. The highest BCUT2D eigenvalue weighted by Crippen LogP contribution is 2.32. The number of carbonyl (C=O) groups is 1. The van der Waals surface area contributed by atoms with Crippen molar-refractivity contribution in [1.82, 2.24) is 0 Å². The van der Waals surface area contributed by atoms with E-state index in [0.717, 1.165) is 22.3 Å². The van der Waals surface area contributed by atoms with Crippen LogP contribution in [0.2, 0.25) is 0 Å². The maximum atomic E-state index is 12.7. The van der Waals surface area contributed by atoms with Gasteiger partial charge in [0.15, 0.2) is 0 Å². The van der Waals surface area contributed by atoms with Crippen molar-refractivity contribution >= 4 is 11.6 Å². The third-order valence-corrected chi connectivity index (χ3v) is 4.23. The SMILES string of the molecule is COc1cccc(C(=O)Nc2ccc(C)cc2-c2ccccc2CO)c1. The van der Waals surface area contributed by atoms with Crippen LogP contribution in [-0.4, -0.2) is 18.1 Å². The van der Waals surface area contributed by atoms with E-state index in [1.807, 2.05) is 49.4 Å². The molecule has 0 aliphatic carbocycles. The zero-order valence-electron chi connectivity index (χ0n) is 14.8. The number of aryl methyl sites for hydroxylation is 1. The number of hydrogen-bond acceptors (Lipinski definition) is 3. The lowest BCUT2D eigenvalue weighted by molar-refractivity contribution is 0.102. The summed E-state index contributed by atoms with van der Waals surface area (Å²) in [5, 5.41) is 12.6. The molecule has 0 aromatic heterocycles. The number of anilines is 1. The van der Waals surface area contributed by atoms with Crippen LogP contribution in [0, 0.1) is 6.92 Å². The van der Waals surface area contributed by atoms with Crippen molar-refractivity contribution in [1.29, 1.82) is 0 Å². The average molecular weight is 347 g/mol. The maximum absolute atomic E-state index is 12.7. The first kappa shape index (κ1) is 17.7. The summed E-state index contributed by atoms with van der Waals surface area (Å²) in [6.45, 7) is 1.94. The first-order valence-electron chi connectivity index (χ1n) is 8.37. The van der Waals surface area contributed by atoms with E-state index in [0.29, 0.717) is 17.0 Å². The number of rotatable bonds is 5. The standard InChI is InChI=1S/C22H21NO3/c1-15-10-11-21(20(12-15)19-9-4-3-6-17(19)14-24)23-22(25)16-7-5-8-18(13-16)26-2/h3-13,24H,14H2,1-2H3,(H,23,25). The molecule has 4 nitrogen and oxygen atoms in total. The van der Waals surface area contributed by atoms with E-state index in [1.54, 1.807) is 31.4 Å². The Bertz CT molecular complexity index is 934. The Hall–Kier alpha value is -3.11. The molecule has 0 fully saturated rings. The minimum atomic E-state index is -0.213. The van der Waals surface area contributed by atoms with Crippen molar-refractivity contribution in [3.63, 3.8) is 0 Å². The minimum Gasteiger partial charge on any atom is -0.497 e. The zero-order valence-corrected chi connectivity index (χ0v) is 14.8. The molecule has 3 aromatic rings. The van der Waals surface area contributed by atoms with Gasteiger partial charge in [-0.2, -0.15) is 0 Å². The highest BCUT2D eigenvalue weighted by Gasteiger charge is 2.13. The van der Waals surface area contributed by atoms with Crippen LogP contribution in [0.5, 0.6) is 5.75 Å². The summed E-state index contributed by atoms with van der Waals surface area (Å²) in [5.41, 5.74) is 4.89. The van der Waals surface area contributed by atoms with Crippen LogP contribution < -0.4 is 10.1 Å². The van der Waals surface area contributed by atoms with Gasteiger partial charge in [0.05, 0.1) is 13.7 Å². The number of benzene rings is 3. The molecule has 3 aromatic carbocycles. The number of aliphatic hydroxyl groups excluding tert-OH is 1. The summed E-state index contributed by atoms with van der Waals surface area (Å²) < 4.78 is 5.19. The number of aliphatic hydroxyl groups is 1. The van der Waals surface area contributed by atoms with Gasteiger partial charge in [-0.1, -0.05) is 42.0 Å². The van der Waals surface area contributed by atoms with Crippen LogP contribution in [0.4, 0.5) is 5.69 Å². The Morgan fingerprint density at radius 1 is 1.00 bits per heavy atom. The lowest BCUT2D eigenvalue weighted by atomic mass is 9.96. The molecule has 0 spiro atoms. The Morgan fingerprint density at radius 3 is 2.58 bits per heavy atom. The third-order valence-electron chi connectivity index (χ3n) is 4.23. The Labute approximate surface area is 153 Å². The maximum Gasteiger partial charge on any atom is 0.255 e. The van der Waals surface area contributed by atoms with Gasteiger partial charge in [0.25, 0.3) is 5.91 Å². The Kier molecular flexibility index (Phi) is 5.34. The predicted molar refractivity (Wildman–Crippen MR) is 103 cm³/mol. The van der Waals surface area contributed by atoms with Gasteiger partial charge in [0.1, 0.15) is 5.75 Å². The Balaban J connectivity index is 1.99. The lowest BCUT2D eigenvalue weighted by Crippen LogP contribution is -2.13. The normalized spacial score (nSPS) is 10.4. The van der Waals surface area contributed by atoms with Gasteiger partial charge in [0, 0.05) is 16.8 Å². The van der Waals surface area contributed by atoms with E-state index >= 15 is 0 Å². The molecule has 0 heterocycles. The summed E-state index contributed by atoms with van der Waals surface area (Å²) in [4.78, 5) is 12.7. The van der Waals surface area contributed by atoms with Crippen LogP contribution in [0.25, 0.3) is 11.1 Å². The number of hydrogen-bond donors (Lipinski definition) is 2. The number of ether oxygens (including phenoxy) is 1. The molecule has 4 heteroatoms. The van der Waals surface area contributed by atoms with Crippen LogP contribution in [-0.2, 0) is 6.61 Å². The van der Waals surface area contributed by atoms with E-state index in [2.05, 4.69) is 5.32 Å². The largest absolute Gasteiger partial charge is 0.497 e. The molecular weight excluding hydrogens is 326 g/mol. The highest BCUT2D eigenvalue weighted by molar-refractivity contribution is 6.06. The van der Waals surface area contributed by atoms with Crippen molar-refractivity contribution in [2.24, 2.45) is 0 Å². The molecule has 0 bridgehead atoms. The summed E-state index contributed by atoms with van der Waals surface area (Å²) in [5.74, 6) is 0.419. The molecule has 0 radical (unpaired) electrons. The van der Waals surface area contributed by atoms with Gasteiger partial charge < -0.3 is 15.2 Å². The lowest BCUT2D eigenvalue weighted by Gasteiger charge is -2.15. The summed E-state index contributed by atoms with van der Waals surface area (Å²) in [6.07, 6.45) is 0. The second-order valence-electron chi connectivity index (χ2n) is 6.05. The summed E-state index contributed by atoms with van der Waals surface area (Å²) in [6, 6.07) is 20.5. The molecule has 0 aliphatic rings. The summed E-state index contributed by atoms with van der Waals surface area (Å²) >= 11 is 0.